The molecule has 0 aliphatic carbocycles. The predicted molar refractivity (Wildman–Crippen MR) is 114 cm³/mol. The summed E-state index contributed by atoms with van der Waals surface area (Å²) in [4.78, 5) is 38.1. The van der Waals surface area contributed by atoms with Crippen LogP contribution in [-0.2, 0) is 19.1 Å². The van der Waals surface area contributed by atoms with Gasteiger partial charge in [-0.15, -0.1) is 0 Å². The molecule has 2 amide bonds. The van der Waals surface area contributed by atoms with Gasteiger partial charge in [0.1, 0.15) is 11.5 Å². The molecule has 0 spiro atoms. The van der Waals surface area contributed by atoms with Gasteiger partial charge in [0.25, 0.3) is 11.8 Å². The van der Waals surface area contributed by atoms with Gasteiger partial charge >= 0.3 is 5.97 Å². The zero-order valence-corrected chi connectivity index (χ0v) is 17.6. The van der Waals surface area contributed by atoms with Gasteiger partial charge in [-0.25, -0.2) is 0 Å². The summed E-state index contributed by atoms with van der Waals surface area (Å²) in [7, 11) is 1.50. The zero-order valence-electron chi connectivity index (χ0n) is 17.6. The second-order valence-corrected chi connectivity index (χ2v) is 7.12. The molecule has 1 heterocycles. The van der Waals surface area contributed by atoms with E-state index >= 15 is 0 Å². The number of ether oxygens (including phenoxy) is 3. The number of amides is 2. The highest BCUT2D eigenvalue weighted by molar-refractivity contribution is 5.98. The highest BCUT2D eigenvalue weighted by Gasteiger charge is 2.33. The van der Waals surface area contributed by atoms with Crippen LogP contribution in [0.3, 0.4) is 0 Å². The van der Waals surface area contributed by atoms with Gasteiger partial charge in [-0.1, -0.05) is 24.3 Å². The quantitative estimate of drug-likeness (QED) is 0.514. The number of carbonyl (C=O) groups is 3. The molecule has 2 aromatic carbocycles. The van der Waals surface area contributed by atoms with Gasteiger partial charge in [0.2, 0.25) is 0 Å². The Labute approximate surface area is 181 Å². The van der Waals surface area contributed by atoms with E-state index in [4.69, 9.17) is 14.2 Å². The first kappa shape index (κ1) is 22.1. The lowest BCUT2D eigenvalue weighted by molar-refractivity contribution is -0.148. The summed E-state index contributed by atoms with van der Waals surface area (Å²) in [6, 6.07) is 14.6. The fraction of sp³-hybridized carbons (Fsp3) is 0.348. The van der Waals surface area contributed by atoms with Gasteiger partial charge in [0.15, 0.2) is 12.7 Å². The molecule has 31 heavy (non-hydrogen) atoms. The molecule has 0 saturated carbocycles. The van der Waals surface area contributed by atoms with Crippen LogP contribution in [0.15, 0.2) is 48.5 Å². The highest BCUT2D eigenvalue weighted by Crippen LogP contribution is 2.33. The highest BCUT2D eigenvalue weighted by atomic mass is 16.5. The van der Waals surface area contributed by atoms with Crippen molar-refractivity contribution in [2.75, 3.05) is 31.7 Å². The number of esters is 1. The minimum Gasteiger partial charge on any atom is -0.494 e. The van der Waals surface area contributed by atoms with Crippen LogP contribution in [0.1, 0.15) is 18.4 Å². The van der Waals surface area contributed by atoms with Crippen molar-refractivity contribution in [3.05, 3.63) is 54.1 Å². The maximum absolute atomic E-state index is 12.7. The number of rotatable bonds is 8. The maximum Gasteiger partial charge on any atom is 0.306 e. The minimum absolute atomic E-state index is 0.0391. The SMILES string of the molecule is CNC(=O)C1CN(C(=O)COC(=O)CCCOc2cccc(C)c2)c2ccccc2O1. The molecular weight excluding hydrogens is 400 g/mol. The standard InChI is InChI=1S/C23H26N2O6/c1-16-7-5-8-17(13-16)29-12-6-11-22(27)30-15-21(26)25-14-20(23(28)24-2)31-19-10-4-3-9-18(19)25/h3-5,7-10,13,20H,6,11-12,14-15H2,1-2H3,(H,24,28). The van der Waals surface area contributed by atoms with Crippen molar-refractivity contribution in [1.82, 2.24) is 5.32 Å². The molecular formula is C23H26N2O6. The topological polar surface area (TPSA) is 94.2 Å². The van der Waals surface area contributed by atoms with Crippen molar-refractivity contribution in [3.8, 4) is 11.5 Å². The van der Waals surface area contributed by atoms with Crippen LogP contribution in [0.2, 0.25) is 0 Å². The monoisotopic (exact) mass is 426 g/mol. The van der Waals surface area contributed by atoms with E-state index in [1.165, 1.54) is 11.9 Å². The van der Waals surface area contributed by atoms with Crippen LogP contribution >= 0.6 is 0 Å². The summed E-state index contributed by atoms with van der Waals surface area (Å²) in [6.45, 7) is 1.98. The maximum atomic E-state index is 12.7. The lowest BCUT2D eigenvalue weighted by atomic mass is 10.1. The normalized spacial score (nSPS) is 14.8. The number of likely N-dealkylation sites (N-methyl/N-ethyl adjacent to an activating group) is 1. The molecule has 1 unspecified atom stereocenters. The van der Waals surface area contributed by atoms with E-state index in [2.05, 4.69) is 5.32 Å². The van der Waals surface area contributed by atoms with Gasteiger partial charge in [-0.05, 0) is 43.2 Å². The number of anilines is 1. The van der Waals surface area contributed by atoms with Gasteiger partial charge in [-0.2, -0.15) is 0 Å². The Kier molecular flexibility index (Phi) is 7.48. The number of hydrogen-bond acceptors (Lipinski definition) is 6. The molecule has 8 nitrogen and oxygen atoms in total. The summed E-state index contributed by atoms with van der Waals surface area (Å²) in [5, 5.41) is 2.52. The number of fused-ring (bicyclic) bond motifs is 1. The molecule has 1 aliphatic heterocycles. The molecule has 0 radical (unpaired) electrons. The van der Waals surface area contributed by atoms with Crippen molar-refractivity contribution < 1.29 is 28.6 Å². The molecule has 1 aliphatic rings. The molecule has 1 N–H and O–H groups in total. The van der Waals surface area contributed by atoms with Gasteiger partial charge in [0.05, 0.1) is 18.8 Å². The summed E-state index contributed by atoms with van der Waals surface area (Å²) in [5.74, 6) is -0.0620. The first-order chi connectivity index (χ1) is 15.0. The van der Waals surface area contributed by atoms with Crippen molar-refractivity contribution in [3.63, 3.8) is 0 Å². The van der Waals surface area contributed by atoms with Crippen LogP contribution in [0.25, 0.3) is 0 Å². The van der Waals surface area contributed by atoms with Crippen molar-refractivity contribution in [2.24, 2.45) is 0 Å². The van der Waals surface area contributed by atoms with Crippen LogP contribution in [0, 0.1) is 6.92 Å². The fourth-order valence-corrected chi connectivity index (χ4v) is 3.17. The Morgan fingerprint density at radius 2 is 1.97 bits per heavy atom. The zero-order chi connectivity index (χ0) is 22.2. The molecule has 0 fully saturated rings. The lowest BCUT2D eigenvalue weighted by Gasteiger charge is -2.33. The Balaban J connectivity index is 1.48. The van der Waals surface area contributed by atoms with Crippen LogP contribution in [-0.4, -0.2) is 50.7 Å². The third kappa shape index (κ3) is 5.97. The second-order valence-electron chi connectivity index (χ2n) is 7.12. The molecule has 0 bridgehead atoms. The van der Waals surface area contributed by atoms with E-state index in [1.807, 2.05) is 31.2 Å². The summed E-state index contributed by atoms with van der Waals surface area (Å²) < 4.78 is 16.4. The van der Waals surface area contributed by atoms with Crippen LogP contribution < -0.4 is 19.7 Å². The average molecular weight is 426 g/mol. The van der Waals surface area contributed by atoms with E-state index < -0.39 is 24.6 Å². The lowest BCUT2D eigenvalue weighted by Crippen LogP contribution is -2.51. The third-order valence-electron chi connectivity index (χ3n) is 4.75. The van der Waals surface area contributed by atoms with Crippen molar-refractivity contribution in [2.45, 2.75) is 25.9 Å². The number of nitrogens with one attached hydrogen (secondary N) is 1. The molecule has 2 aromatic rings. The Morgan fingerprint density at radius 3 is 2.74 bits per heavy atom. The third-order valence-corrected chi connectivity index (χ3v) is 4.75. The molecule has 0 aromatic heterocycles. The van der Waals surface area contributed by atoms with E-state index in [0.717, 1.165) is 11.3 Å². The molecule has 1 atom stereocenters. The Bertz CT molecular complexity index is 945. The minimum atomic E-state index is -0.835. The largest absolute Gasteiger partial charge is 0.494 e. The predicted octanol–water partition coefficient (Wildman–Crippen LogP) is 2.24. The first-order valence-electron chi connectivity index (χ1n) is 10.1. The van der Waals surface area contributed by atoms with Gasteiger partial charge < -0.3 is 24.4 Å². The number of aryl methyl sites for hydroxylation is 1. The molecule has 8 heteroatoms. The van der Waals surface area contributed by atoms with Crippen LogP contribution in [0.4, 0.5) is 5.69 Å². The van der Waals surface area contributed by atoms with Crippen LogP contribution in [0.5, 0.6) is 11.5 Å². The van der Waals surface area contributed by atoms with E-state index in [9.17, 15) is 14.4 Å². The number of nitrogens with zero attached hydrogens (tertiary/aromatic N) is 1. The smallest absolute Gasteiger partial charge is 0.306 e. The summed E-state index contributed by atoms with van der Waals surface area (Å²) in [6.07, 6.45) is -0.224. The number of carbonyl (C=O) groups excluding carboxylic acids is 3. The number of hydrogen-bond donors (Lipinski definition) is 1. The van der Waals surface area contributed by atoms with Crippen molar-refractivity contribution >= 4 is 23.5 Å². The van der Waals surface area contributed by atoms with E-state index in [0.29, 0.717) is 24.5 Å². The van der Waals surface area contributed by atoms with E-state index in [-0.39, 0.29) is 18.9 Å². The molecule has 0 saturated heterocycles. The van der Waals surface area contributed by atoms with Crippen molar-refractivity contribution in [1.29, 1.82) is 0 Å². The summed E-state index contributed by atoms with van der Waals surface area (Å²) >= 11 is 0. The fourth-order valence-electron chi connectivity index (χ4n) is 3.17. The molecule has 3 rings (SSSR count). The van der Waals surface area contributed by atoms with E-state index in [1.54, 1.807) is 24.3 Å². The Hall–Kier alpha value is -3.55. The first-order valence-corrected chi connectivity index (χ1v) is 10.1. The van der Waals surface area contributed by atoms with Gasteiger partial charge in [0, 0.05) is 13.5 Å². The number of para-hydroxylation sites is 2. The number of benzene rings is 2. The Morgan fingerprint density at radius 1 is 1.16 bits per heavy atom. The summed E-state index contributed by atoms with van der Waals surface area (Å²) in [5.41, 5.74) is 1.63. The average Bonchev–Trinajstić information content (AvgIpc) is 2.79. The van der Waals surface area contributed by atoms with Gasteiger partial charge in [-0.3, -0.25) is 14.4 Å². The second kappa shape index (κ2) is 10.5. The molecule has 164 valence electrons.